The van der Waals surface area contributed by atoms with Crippen LogP contribution in [-0.4, -0.2) is 18.3 Å². The lowest BCUT2D eigenvalue weighted by Gasteiger charge is -2.33. The SMILES string of the molecule is CCCCCCCCCCCCC1(CCCCCCCCCCCC)c2cc(Cl)ccc2-c2ccc(B3OC(C)(C)C(C)(C)O3)cc21. The Balaban J connectivity index is 1.49. The molecular weight excluding hydrogens is 595 g/mol. The van der Waals surface area contributed by atoms with Crippen LogP contribution in [0.15, 0.2) is 36.4 Å². The van der Waals surface area contributed by atoms with Gasteiger partial charge in [0.25, 0.3) is 0 Å². The van der Waals surface area contributed by atoms with Gasteiger partial charge in [0.05, 0.1) is 11.2 Å². The summed E-state index contributed by atoms with van der Waals surface area (Å²) in [6.45, 7) is 13.2. The maximum atomic E-state index is 6.78. The first-order valence-electron chi connectivity index (χ1n) is 20.0. The van der Waals surface area contributed by atoms with Gasteiger partial charge in [-0.25, -0.2) is 0 Å². The van der Waals surface area contributed by atoms with Crippen LogP contribution in [0.25, 0.3) is 11.1 Å². The summed E-state index contributed by atoms with van der Waals surface area (Å²) >= 11 is 6.78. The number of benzene rings is 2. The smallest absolute Gasteiger partial charge is 0.399 e. The van der Waals surface area contributed by atoms with E-state index in [9.17, 15) is 0 Å². The highest BCUT2D eigenvalue weighted by atomic mass is 35.5. The topological polar surface area (TPSA) is 18.5 Å². The van der Waals surface area contributed by atoms with Crippen LogP contribution < -0.4 is 5.46 Å². The van der Waals surface area contributed by atoms with E-state index >= 15 is 0 Å². The molecule has 262 valence electrons. The molecule has 1 heterocycles. The molecule has 2 aromatic carbocycles. The fourth-order valence-electron chi connectivity index (χ4n) is 8.10. The van der Waals surface area contributed by atoms with Crippen molar-refractivity contribution in [2.45, 2.75) is 199 Å². The van der Waals surface area contributed by atoms with Crippen LogP contribution in [0.1, 0.15) is 194 Å². The Bertz CT molecular complexity index is 1180. The van der Waals surface area contributed by atoms with E-state index in [0.717, 1.165) is 10.5 Å². The second kappa shape index (κ2) is 18.6. The second-order valence-corrected chi connectivity index (χ2v) is 16.5. The molecule has 0 spiro atoms. The van der Waals surface area contributed by atoms with Crippen LogP contribution in [0, 0.1) is 0 Å². The van der Waals surface area contributed by atoms with Gasteiger partial charge in [-0.1, -0.05) is 178 Å². The summed E-state index contributed by atoms with van der Waals surface area (Å²) in [5.74, 6) is 0. The zero-order valence-corrected chi connectivity index (χ0v) is 32.0. The highest BCUT2D eigenvalue weighted by molar-refractivity contribution is 6.62. The largest absolute Gasteiger partial charge is 0.494 e. The predicted molar refractivity (Wildman–Crippen MR) is 206 cm³/mol. The standard InChI is InChI=1S/C43H68BClO2/c1-7-9-11-13-15-17-19-21-23-25-31-43(32-26-24-22-20-18-16-14-12-10-8-2)39-33-35(44-46-41(3,4)42(5,6)47-44)27-29-37(39)38-30-28-36(45)34-40(38)43/h27-30,33-34H,7-26,31-32H2,1-6H3. The minimum absolute atomic E-state index is 0.00444. The van der Waals surface area contributed by atoms with Gasteiger partial charge in [-0.2, -0.15) is 0 Å². The molecule has 4 heteroatoms. The maximum Gasteiger partial charge on any atom is 0.494 e. The van der Waals surface area contributed by atoms with Gasteiger partial charge in [-0.3, -0.25) is 0 Å². The number of rotatable bonds is 23. The normalized spacial score (nSPS) is 17.3. The van der Waals surface area contributed by atoms with E-state index in [1.54, 1.807) is 0 Å². The maximum absolute atomic E-state index is 6.78. The van der Waals surface area contributed by atoms with Crippen molar-refractivity contribution >= 4 is 24.2 Å². The van der Waals surface area contributed by atoms with Crippen molar-refractivity contribution in [2.24, 2.45) is 0 Å². The quantitative estimate of drug-likeness (QED) is 0.0871. The molecule has 0 atom stereocenters. The molecule has 0 unspecified atom stereocenters. The van der Waals surface area contributed by atoms with E-state index in [1.165, 1.54) is 164 Å². The number of hydrogen-bond donors (Lipinski definition) is 0. The molecule has 1 saturated heterocycles. The van der Waals surface area contributed by atoms with Gasteiger partial charge in [-0.05, 0) is 80.4 Å². The lowest BCUT2D eigenvalue weighted by molar-refractivity contribution is 0.00578. The summed E-state index contributed by atoms with van der Waals surface area (Å²) in [6, 6.07) is 13.7. The summed E-state index contributed by atoms with van der Waals surface area (Å²) in [5, 5.41) is 0.859. The van der Waals surface area contributed by atoms with Gasteiger partial charge in [-0.15, -0.1) is 0 Å². The monoisotopic (exact) mass is 663 g/mol. The van der Waals surface area contributed by atoms with E-state index < -0.39 is 0 Å². The Labute approximate surface area is 295 Å². The second-order valence-electron chi connectivity index (χ2n) is 16.0. The molecule has 1 aliphatic heterocycles. The third-order valence-corrected chi connectivity index (χ3v) is 12.0. The van der Waals surface area contributed by atoms with Crippen molar-refractivity contribution < 1.29 is 9.31 Å². The first kappa shape index (κ1) is 38.5. The average Bonchev–Trinajstić information content (AvgIpc) is 3.43. The molecule has 0 radical (unpaired) electrons. The van der Waals surface area contributed by atoms with Gasteiger partial charge in [0.15, 0.2) is 0 Å². The summed E-state index contributed by atoms with van der Waals surface area (Å²) in [7, 11) is -0.343. The van der Waals surface area contributed by atoms with Crippen LogP contribution in [-0.2, 0) is 14.7 Å². The zero-order valence-electron chi connectivity index (χ0n) is 31.3. The summed E-state index contributed by atoms with van der Waals surface area (Å²) in [4.78, 5) is 0. The summed E-state index contributed by atoms with van der Waals surface area (Å²) in [6.07, 6.45) is 29.7. The number of hydrogen-bond acceptors (Lipinski definition) is 2. The predicted octanol–water partition coefficient (Wildman–Crippen LogP) is 13.5. The van der Waals surface area contributed by atoms with Gasteiger partial charge in [0.2, 0.25) is 0 Å². The van der Waals surface area contributed by atoms with Gasteiger partial charge < -0.3 is 9.31 Å². The van der Waals surface area contributed by atoms with E-state index in [-0.39, 0.29) is 23.7 Å². The molecule has 2 aliphatic rings. The molecule has 0 saturated carbocycles. The Morgan fingerprint density at radius 3 is 1.34 bits per heavy atom. The number of halogens is 1. The van der Waals surface area contributed by atoms with Crippen LogP contribution in [0.3, 0.4) is 0 Å². The van der Waals surface area contributed by atoms with Crippen LogP contribution in [0.5, 0.6) is 0 Å². The van der Waals surface area contributed by atoms with E-state index in [2.05, 4.69) is 77.9 Å². The molecule has 2 aromatic rings. The fourth-order valence-corrected chi connectivity index (χ4v) is 8.27. The number of unbranched alkanes of at least 4 members (excludes halogenated alkanes) is 18. The minimum atomic E-state index is -0.351. The van der Waals surface area contributed by atoms with Crippen molar-refractivity contribution in [1.29, 1.82) is 0 Å². The van der Waals surface area contributed by atoms with Gasteiger partial charge >= 0.3 is 7.12 Å². The Kier molecular flexibility index (Phi) is 15.3. The van der Waals surface area contributed by atoms with Gasteiger partial charge in [0.1, 0.15) is 0 Å². The Hall–Kier alpha value is -1.29. The highest BCUT2D eigenvalue weighted by Gasteiger charge is 2.52. The molecule has 47 heavy (non-hydrogen) atoms. The lowest BCUT2D eigenvalue weighted by atomic mass is 9.68. The first-order chi connectivity index (χ1) is 22.6. The number of fused-ring (bicyclic) bond motifs is 3. The molecule has 1 aliphatic carbocycles. The minimum Gasteiger partial charge on any atom is -0.399 e. The molecule has 4 rings (SSSR count). The highest BCUT2D eigenvalue weighted by Crippen LogP contribution is 2.54. The van der Waals surface area contributed by atoms with Gasteiger partial charge in [0, 0.05) is 10.4 Å². The first-order valence-corrected chi connectivity index (χ1v) is 20.3. The Morgan fingerprint density at radius 2 is 0.894 bits per heavy atom. The summed E-state index contributed by atoms with van der Waals surface area (Å²) in [5.41, 5.74) is 6.14. The third-order valence-electron chi connectivity index (χ3n) is 11.8. The molecule has 1 fully saturated rings. The van der Waals surface area contributed by atoms with Crippen molar-refractivity contribution in [3.63, 3.8) is 0 Å². The van der Waals surface area contributed by atoms with Crippen LogP contribution >= 0.6 is 11.6 Å². The lowest BCUT2D eigenvalue weighted by Crippen LogP contribution is -2.41. The van der Waals surface area contributed by atoms with Crippen molar-refractivity contribution in [2.75, 3.05) is 0 Å². The fraction of sp³-hybridized carbons (Fsp3) is 0.721. The molecule has 0 bridgehead atoms. The van der Waals surface area contributed by atoms with Crippen molar-refractivity contribution in [3.8, 4) is 11.1 Å². The molecular formula is C43H68BClO2. The average molecular weight is 663 g/mol. The Morgan fingerprint density at radius 1 is 0.511 bits per heavy atom. The van der Waals surface area contributed by atoms with E-state index in [0.29, 0.717) is 0 Å². The van der Waals surface area contributed by atoms with Crippen LogP contribution in [0.4, 0.5) is 0 Å². The third kappa shape index (κ3) is 10.1. The zero-order chi connectivity index (χ0) is 33.8. The van der Waals surface area contributed by atoms with E-state index in [4.69, 9.17) is 20.9 Å². The van der Waals surface area contributed by atoms with Crippen LogP contribution in [0.2, 0.25) is 5.02 Å². The molecule has 0 amide bonds. The molecule has 2 nitrogen and oxygen atoms in total. The molecule has 0 N–H and O–H groups in total. The molecule has 0 aromatic heterocycles. The van der Waals surface area contributed by atoms with E-state index in [1.807, 2.05) is 0 Å². The van der Waals surface area contributed by atoms with Crippen molar-refractivity contribution in [3.05, 3.63) is 52.5 Å². The van der Waals surface area contributed by atoms with Crippen molar-refractivity contribution in [1.82, 2.24) is 0 Å². The summed E-state index contributed by atoms with van der Waals surface area (Å²) < 4.78 is 13.1.